The molecule has 0 amide bonds. The van der Waals surface area contributed by atoms with Crippen molar-refractivity contribution in [3.63, 3.8) is 0 Å². The monoisotopic (exact) mass is 269 g/mol. The number of ketones is 1. The van der Waals surface area contributed by atoms with E-state index in [0.717, 1.165) is 22.4 Å². The number of aromatic nitrogens is 1. The quantitative estimate of drug-likeness (QED) is 0.740. The van der Waals surface area contributed by atoms with Crippen LogP contribution in [0.5, 0.6) is 5.75 Å². The van der Waals surface area contributed by atoms with Crippen LogP contribution in [0.1, 0.15) is 28.7 Å². The summed E-state index contributed by atoms with van der Waals surface area (Å²) in [5, 5.41) is 10.4. The number of furan rings is 1. The van der Waals surface area contributed by atoms with E-state index in [0.29, 0.717) is 12.1 Å². The number of phenols is 1. The molecule has 3 aromatic rings. The van der Waals surface area contributed by atoms with E-state index in [9.17, 15) is 9.90 Å². The lowest BCUT2D eigenvalue weighted by Crippen LogP contribution is -2.02. The molecule has 2 aromatic heterocycles. The van der Waals surface area contributed by atoms with Gasteiger partial charge in [-0.25, -0.2) is 0 Å². The molecule has 0 saturated heterocycles. The van der Waals surface area contributed by atoms with Crippen LogP contribution in [0.2, 0.25) is 0 Å². The normalized spacial score (nSPS) is 11.1. The third kappa shape index (κ3) is 1.90. The Bertz CT molecular complexity index is 782. The van der Waals surface area contributed by atoms with Gasteiger partial charge in [-0.3, -0.25) is 4.79 Å². The maximum absolute atomic E-state index is 11.9. The number of hydrogen-bond acceptors (Lipinski definition) is 3. The summed E-state index contributed by atoms with van der Waals surface area (Å²) < 4.78 is 7.41. The van der Waals surface area contributed by atoms with Crippen LogP contribution in [0.25, 0.3) is 10.9 Å². The van der Waals surface area contributed by atoms with Crippen molar-refractivity contribution in [1.82, 2.24) is 4.57 Å². The van der Waals surface area contributed by atoms with Crippen molar-refractivity contribution in [1.29, 1.82) is 0 Å². The SMILES string of the molecule is CC(=O)c1c(C)n(Cc2ccco2)c2ccc(O)cc12. The van der Waals surface area contributed by atoms with Crippen molar-refractivity contribution >= 4 is 16.7 Å². The average molecular weight is 269 g/mol. The zero-order chi connectivity index (χ0) is 14.3. The topological polar surface area (TPSA) is 55.4 Å². The number of aromatic hydroxyl groups is 1. The van der Waals surface area contributed by atoms with Crippen molar-refractivity contribution in [2.24, 2.45) is 0 Å². The first-order valence-corrected chi connectivity index (χ1v) is 6.43. The Kier molecular flexibility index (Phi) is 2.86. The summed E-state index contributed by atoms with van der Waals surface area (Å²) in [6, 6.07) is 8.84. The highest BCUT2D eigenvalue weighted by Crippen LogP contribution is 2.30. The van der Waals surface area contributed by atoms with Gasteiger partial charge in [0.05, 0.1) is 12.8 Å². The predicted octanol–water partition coefficient (Wildman–Crippen LogP) is 3.50. The van der Waals surface area contributed by atoms with E-state index >= 15 is 0 Å². The van der Waals surface area contributed by atoms with Crippen LogP contribution >= 0.6 is 0 Å². The number of nitrogens with zero attached hydrogens (tertiary/aromatic N) is 1. The van der Waals surface area contributed by atoms with Gasteiger partial charge in [0.2, 0.25) is 0 Å². The molecule has 0 aliphatic rings. The maximum atomic E-state index is 11.9. The predicted molar refractivity (Wildman–Crippen MR) is 76.2 cm³/mol. The summed E-state index contributed by atoms with van der Waals surface area (Å²) in [5.74, 6) is 0.986. The number of carbonyl (C=O) groups excluding carboxylic acids is 1. The Hall–Kier alpha value is -2.49. The van der Waals surface area contributed by atoms with Crippen LogP contribution in [0.3, 0.4) is 0 Å². The first-order valence-electron chi connectivity index (χ1n) is 6.43. The lowest BCUT2D eigenvalue weighted by atomic mass is 10.1. The standard InChI is InChI=1S/C16H15NO3/c1-10-16(11(2)18)14-8-12(19)5-6-15(14)17(10)9-13-4-3-7-20-13/h3-8,19H,9H2,1-2H3. The third-order valence-corrected chi connectivity index (χ3v) is 3.55. The summed E-state index contributed by atoms with van der Waals surface area (Å²) in [6.45, 7) is 4.02. The van der Waals surface area contributed by atoms with Crippen molar-refractivity contribution in [2.75, 3.05) is 0 Å². The van der Waals surface area contributed by atoms with Gasteiger partial charge in [-0.2, -0.15) is 0 Å². The summed E-state index contributed by atoms with van der Waals surface area (Å²) in [6.07, 6.45) is 1.63. The molecule has 1 N–H and O–H groups in total. The minimum absolute atomic E-state index is 0.00343. The van der Waals surface area contributed by atoms with Gasteiger partial charge >= 0.3 is 0 Å². The summed E-state index contributed by atoms with van der Waals surface area (Å²) in [5.41, 5.74) is 2.46. The van der Waals surface area contributed by atoms with Crippen molar-refractivity contribution in [3.05, 3.63) is 53.6 Å². The molecule has 3 rings (SSSR count). The highest BCUT2D eigenvalue weighted by atomic mass is 16.3. The molecule has 0 saturated carbocycles. The fourth-order valence-corrected chi connectivity index (χ4v) is 2.68. The molecule has 4 nitrogen and oxygen atoms in total. The number of rotatable bonds is 3. The van der Waals surface area contributed by atoms with E-state index in [4.69, 9.17) is 4.42 Å². The lowest BCUT2D eigenvalue weighted by molar-refractivity contribution is 0.101. The Morgan fingerprint density at radius 2 is 2.15 bits per heavy atom. The second kappa shape index (κ2) is 4.56. The number of hydrogen-bond donors (Lipinski definition) is 1. The molecule has 0 aliphatic carbocycles. The molecule has 4 heteroatoms. The van der Waals surface area contributed by atoms with Gasteiger partial charge in [-0.05, 0) is 44.2 Å². The molecule has 0 fully saturated rings. The highest BCUT2D eigenvalue weighted by Gasteiger charge is 2.18. The van der Waals surface area contributed by atoms with Crippen molar-refractivity contribution in [2.45, 2.75) is 20.4 Å². The zero-order valence-electron chi connectivity index (χ0n) is 11.4. The van der Waals surface area contributed by atoms with Gasteiger partial charge in [0.15, 0.2) is 5.78 Å². The van der Waals surface area contributed by atoms with E-state index < -0.39 is 0 Å². The van der Waals surface area contributed by atoms with Gasteiger partial charge in [-0.1, -0.05) is 0 Å². The molecule has 2 heterocycles. The largest absolute Gasteiger partial charge is 0.508 e. The van der Waals surface area contributed by atoms with E-state index in [1.54, 1.807) is 25.3 Å². The molecule has 0 unspecified atom stereocenters. The average Bonchev–Trinajstić information content (AvgIpc) is 2.97. The van der Waals surface area contributed by atoms with Crippen LogP contribution in [0.15, 0.2) is 41.0 Å². The maximum Gasteiger partial charge on any atom is 0.162 e. The highest BCUT2D eigenvalue weighted by molar-refractivity contribution is 6.08. The Balaban J connectivity index is 2.26. The molecule has 0 radical (unpaired) electrons. The summed E-state index contributed by atoms with van der Waals surface area (Å²) >= 11 is 0. The second-order valence-corrected chi connectivity index (χ2v) is 4.88. The fourth-order valence-electron chi connectivity index (χ4n) is 2.68. The van der Waals surface area contributed by atoms with Gasteiger partial charge in [0.25, 0.3) is 0 Å². The zero-order valence-corrected chi connectivity index (χ0v) is 11.4. The van der Waals surface area contributed by atoms with E-state index in [-0.39, 0.29) is 11.5 Å². The molecule has 0 aliphatic heterocycles. The van der Waals surface area contributed by atoms with Crippen LogP contribution in [-0.4, -0.2) is 15.5 Å². The molecular formula is C16H15NO3. The van der Waals surface area contributed by atoms with Crippen LogP contribution in [0.4, 0.5) is 0 Å². The molecular weight excluding hydrogens is 254 g/mol. The number of Topliss-reactive ketones (excluding diaryl/α,β-unsaturated/α-hetero) is 1. The number of benzene rings is 1. The Labute approximate surface area is 116 Å². The van der Waals surface area contributed by atoms with E-state index in [1.807, 2.05) is 29.7 Å². The first-order chi connectivity index (χ1) is 9.58. The van der Waals surface area contributed by atoms with Crippen molar-refractivity contribution in [3.8, 4) is 5.75 Å². The molecule has 0 spiro atoms. The number of fused-ring (bicyclic) bond motifs is 1. The smallest absolute Gasteiger partial charge is 0.162 e. The first kappa shape index (κ1) is 12.5. The summed E-state index contributed by atoms with van der Waals surface area (Å²) in [7, 11) is 0. The van der Waals surface area contributed by atoms with E-state index in [1.165, 1.54) is 0 Å². The van der Waals surface area contributed by atoms with Gasteiger partial charge < -0.3 is 14.1 Å². The minimum atomic E-state index is -0.00343. The van der Waals surface area contributed by atoms with Crippen LogP contribution in [0, 0.1) is 6.92 Å². The van der Waals surface area contributed by atoms with E-state index in [2.05, 4.69) is 0 Å². The fraction of sp³-hybridized carbons (Fsp3) is 0.188. The minimum Gasteiger partial charge on any atom is -0.508 e. The second-order valence-electron chi connectivity index (χ2n) is 4.88. The molecule has 1 aromatic carbocycles. The van der Waals surface area contributed by atoms with Gasteiger partial charge in [0, 0.05) is 22.2 Å². The summed E-state index contributed by atoms with van der Waals surface area (Å²) in [4.78, 5) is 11.9. The van der Waals surface area contributed by atoms with Crippen LogP contribution in [-0.2, 0) is 6.54 Å². The molecule has 20 heavy (non-hydrogen) atoms. The van der Waals surface area contributed by atoms with Crippen molar-refractivity contribution < 1.29 is 14.3 Å². The van der Waals surface area contributed by atoms with Gasteiger partial charge in [0.1, 0.15) is 11.5 Å². The molecule has 0 bridgehead atoms. The molecule has 102 valence electrons. The number of carbonyl (C=O) groups is 1. The lowest BCUT2D eigenvalue weighted by Gasteiger charge is -2.06. The molecule has 0 atom stereocenters. The third-order valence-electron chi connectivity index (χ3n) is 3.55. The Morgan fingerprint density at radius 3 is 2.80 bits per heavy atom. The van der Waals surface area contributed by atoms with Gasteiger partial charge in [-0.15, -0.1) is 0 Å². The Morgan fingerprint density at radius 1 is 1.35 bits per heavy atom. The number of phenolic OH excluding ortho intramolecular Hbond substituents is 1. The van der Waals surface area contributed by atoms with Crippen LogP contribution < -0.4 is 0 Å².